The molecule has 1 heteroatoms. The third-order valence-corrected chi connectivity index (χ3v) is 4.22. The van der Waals surface area contributed by atoms with Crippen molar-refractivity contribution in [1.82, 2.24) is 4.90 Å². The third-order valence-electron chi connectivity index (χ3n) is 4.22. The van der Waals surface area contributed by atoms with Crippen LogP contribution in [-0.4, -0.2) is 18.5 Å². The minimum atomic E-state index is 0.602. The van der Waals surface area contributed by atoms with Gasteiger partial charge in [0.1, 0.15) is 0 Å². The Kier molecular flexibility index (Phi) is 4.24. The Bertz CT molecular complexity index is 221. The fourth-order valence-electron chi connectivity index (χ4n) is 2.66. The van der Waals surface area contributed by atoms with Crippen LogP contribution in [0.15, 0.2) is 12.3 Å². The summed E-state index contributed by atoms with van der Waals surface area (Å²) in [6.45, 7) is 12.0. The number of rotatable bonds is 5. The molecule has 1 rings (SSSR count). The van der Waals surface area contributed by atoms with Crippen LogP contribution in [0.2, 0.25) is 0 Å². The van der Waals surface area contributed by atoms with Gasteiger partial charge in [-0.15, -0.1) is 0 Å². The molecule has 1 aliphatic carbocycles. The quantitative estimate of drug-likeness (QED) is 0.660. The highest BCUT2D eigenvalue weighted by Crippen LogP contribution is 2.45. The van der Waals surface area contributed by atoms with Crippen LogP contribution in [-0.2, 0) is 0 Å². The molecular formula is C14H27N. The summed E-state index contributed by atoms with van der Waals surface area (Å²) < 4.78 is 0. The number of nitrogens with zero attached hydrogens (tertiary/aromatic N) is 1. The van der Waals surface area contributed by atoms with Gasteiger partial charge in [0.05, 0.1) is 0 Å². The topological polar surface area (TPSA) is 3.24 Å². The molecule has 1 saturated carbocycles. The summed E-state index contributed by atoms with van der Waals surface area (Å²) in [7, 11) is 2.15. The summed E-state index contributed by atoms with van der Waals surface area (Å²) >= 11 is 0. The average molecular weight is 209 g/mol. The Morgan fingerprint density at radius 3 is 2.67 bits per heavy atom. The van der Waals surface area contributed by atoms with Crippen LogP contribution < -0.4 is 0 Å². The maximum atomic E-state index is 3.98. The lowest BCUT2D eigenvalue weighted by Crippen LogP contribution is -2.23. The first-order valence-electron chi connectivity index (χ1n) is 6.33. The van der Waals surface area contributed by atoms with Crippen molar-refractivity contribution < 1.29 is 0 Å². The van der Waals surface area contributed by atoms with E-state index in [9.17, 15) is 0 Å². The average Bonchev–Trinajstić information content (AvgIpc) is 2.57. The van der Waals surface area contributed by atoms with Gasteiger partial charge in [-0.25, -0.2) is 0 Å². The molecule has 1 nitrogen and oxygen atoms in total. The van der Waals surface area contributed by atoms with Crippen molar-refractivity contribution in [2.24, 2.45) is 11.3 Å². The van der Waals surface area contributed by atoms with Crippen LogP contribution in [0.5, 0.6) is 0 Å². The maximum Gasteiger partial charge on any atom is 0.0176 e. The van der Waals surface area contributed by atoms with Crippen molar-refractivity contribution in [3.05, 3.63) is 12.3 Å². The highest BCUT2D eigenvalue weighted by atomic mass is 15.1. The first kappa shape index (κ1) is 12.6. The zero-order chi connectivity index (χ0) is 11.5. The summed E-state index contributed by atoms with van der Waals surface area (Å²) in [5.41, 5.74) is 1.79. The molecule has 0 bridgehead atoms. The molecule has 0 heterocycles. The monoisotopic (exact) mass is 209 g/mol. The van der Waals surface area contributed by atoms with Crippen molar-refractivity contribution in [2.75, 3.05) is 13.6 Å². The molecule has 0 saturated heterocycles. The highest BCUT2D eigenvalue weighted by molar-refractivity contribution is 4.90. The lowest BCUT2D eigenvalue weighted by Gasteiger charge is -2.28. The van der Waals surface area contributed by atoms with Crippen LogP contribution >= 0.6 is 0 Å². The van der Waals surface area contributed by atoms with Gasteiger partial charge in [0, 0.05) is 19.3 Å². The fourth-order valence-corrected chi connectivity index (χ4v) is 2.66. The second-order valence-electron chi connectivity index (χ2n) is 5.73. The molecule has 0 amide bonds. The Balaban J connectivity index is 2.35. The van der Waals surface area contributed by atoms with E-state index in [0.717, 1.165) is 5.92 Å². The SMILES string of the molecule is C=C(C)N(C)CCC1(C)CCC(CC)C1. The largest absolute Gasteiger partial charge is 0.379 e. The summed E-state index contributed by atoms with van der Waals surface area (Å²) in [5, 5.41) is 0. The number of hydrogen-bond donors (Lipinski definition) is 0. The van der Waals surface area contributed by atoms with Crippen molar-refractivity contribution in [3.8, 4) is 0 Å². The first-order valence-corrected chi connectivity index (χ1v) is 6.33. The van der Waals surface area contributed by atoms with Crippen LogP contribution in [0.25, 0.3) is 0 Å². The number of allylic oxidation sites excluding steroid dienone is 1. The molecule has 0 aliphatic heterocycles. The molecule has 1 aliphatic rings. The molecule has 0 aromatic heterocycles. The molecule has 2 atom stereocenters. The Morgan fingerprint density at radius 2 is 2.20 bits per heavy atom. The molecular weight excluding hydrogens is 182 g/mol. The molecule has 15 heavy (non-hydrogen) atoms. The van der Waals surface area contributed by atoms with Gasteiger partial charge >= 0.3 is 0 Å². The lowest BCUT2D eigenvalue weighted by molar-refractivity contribution is 0.251. The van der Waals surface area contributed by atoms with Gasteiger partial charge in [-0.1, -0.05) is 26.8 Å². The lowest BCUT2D eigenvalue weighted by atomic mass is 9.83. The summed E-state index contributed by atoms with van der Waals surface area (Å²) in [4.78, 5) is 2.28. The van der Waals surface area contributed by atoms with Crippen molar-refractivity contribution in [1.29, 1.82) is 0 Å². The van der Waals surface area contributed by atoms with Crippen molar-refractivity contribution in [2.45, 2.75) is 52.9 Å². The van der Waals surface area contributed by atoms with E-state index in [4.69, 9.17) is 0 Å². The Morgan fingerprint density at radius 1 is 1.53 bits per heavy atom. The van der Waals surface area contributed by atoms with E-state index in [0.29, 0.717) is 5.41 Å². The van der Waals surface area contributed by atoms with Crippen LogP contribution in [0.3, 0.4) is 0 Å². The van der Waals surface area contributed by atoms with Gasteiger partial charge in [0.2, 0.25) is 0 Å². The van der Waals surface area contributed by atoms with E-state index in [2.05, 4.69) is 39.3 Å². The van der Waals surface area contributed by atoms with Crippen LogP contribution in [0.4, 0.5) is 0 Å². The molecule has 0 N–H and O–H groups in total. The fraction of sp³-hybridized carbons (Fsp3) is 0.857. The summed E-state index contributed by atoms with van der Waals surface area (Å²) in [6.07, 6.45) is 7.01. The first-order chi connectivity index (χ1) is 6.97. The molecule has 0 aromatic carbocycles. The smallest absolute Gasteiger partial charge is 0.0176 e. The molecule has 2 unspecified atom stereocenters. The molecule has 88 valence electrons. The van der Waals surface area contributed by atoms with E-state index in [-0.39, 0.29) is 0 Å². The molecule has 0 spiro atoms. The Labute approximate surface area is 95.5 Å². The van der Waals surface area contributed by atoms with E-state index in [1.807, 2.05) is 0 Å². The summed E-state index contributed by atoms with van der Waals surface area (Å²) in [6, 6.07) is 0. The minimum Gasteiger partial charge on any atom is -0.379 e. The molecule has 0 radical (unpaired) electrons. The summed E-state index contributed by atoms with van der Waals surface area (Å²) in [5.74, 6) is 0.991. The van der Waals surface area contributed by atoms with E-state index >= 15 is 0 Å². The van der Waals surface area contributed by atoms with Crippen LogP contribution in [0.1, 0.15) is 52.9 Å². The standard InChI is InChI=1S/C14H27N/c1-6-13-7-8-14(4,11-13)9-10-15(5)12(2)3/h13H,2,6-11H2,1,3-5H3. The van der Waals surface area contributed by atoms with Gasteiger partial charge in [-0.2, -0.15) is 0 Å². The number of hydrogen-bond acceptors (Lipinski definition) is 1. The normalized spacial score (nSPS) is 30.5. The van der Waals surface area contributed by atoms with E-state index in [1.54, 1.807) is 0 Å². The predicted molar refractivity (Wildman–Crippen MR) is 67.8 cm³/mol. The molecule has 0 aromatic rings. The van der Waals surface area contributed by atoms with Gasteiger partial charge in [0.15, 0.2) is 0 Å². The van der Waals surface area contributed by atoms with Crippen LogP contribution in [0, 0.1) is 11.3 Å². The zero-order valence-electron chi connectivity index (χ0n) is 11.0. The van der Waals surface area contributed by atoms with Gasteiger partial charge < -0.3 is 4.90 Å². The van der Waals surface area contributed by atoms with E-state index < -0.39 is 0 Å². The maximum absolute atomic E-state index is 3.98. The van der Waals surface area contributed by atoms with E-state index in [1.165, 1.54) is 44.3 Å². The van der Waals surface area contributed by atoms with Crippen molar-refractivity contribution in [3.63, 3.8) is 0 Å². The van der Waals surface area contributed by atoms with Crippen molar-refractivity contribution >= 4 is 0 Å². The second kappa shape index (κ2) is 5.05. The minimum absolute atomic E-state index is 0.602. The highest BCUT2D eigenvalue weighted by Gasteiger charge is 2.33. The Hall–Kier alpha value is -0.460. The van der Waals surface area contributed by atoms with Gasteiger partial charge in [-0.3, -0.25) is 0 Å². The predicted octanol–water partition coefficient (Wildman–Crippen LogP) is 4.06. The molecule has 1 fully saturated rings. The second-order valence-corrected chi connectivity index (χ2v) is 5.73. The van der Waals surface area contributed by atoms with Gasteiger partial charge in [0.25, 0.3) is 0 Å². The third kappa shape index (κ3) is 3.55. The van der Waals surface area contributed by atoms with Gasteiger partial charge in [-0.05, 0) is 43.9 Å². The zero-order valence-corrected chi connectivity index (χ0v) is 11.0.